The highest BCUT2D eigenvalue weighted by Crippen LogP contribution is 2.47. The normalized spacial score (nSPS) is 16.0. The monoisotopic (exact) mass is 572 g/mol. The zero-order valence-electron chi connectivity index (χ0n) is 22.0. The van der Waals surface area contributed by atoms with E-state index in [1.807, 2.05) is 30.3 Å². The van der Waals surface area contributed by atoms with Gasteiger partial charge in [0.15, 0.2) is 5.17 Å². The summed E-state index contributed by atoms with van der Waals surface area (Å²) in [6, 6.07) is 20.2. The molecule has 5 rings (SSSR count). The van der Waals surface area contributed by atoms with Crippen LogP contribution in [0.15, 0.2) is 101 Å². The highest BCUT2D eigenvalue weighted by atomic mass is 32.2. The molecule has 3 aromatic rings. The second-order valence-electron chi connectivity index (χ2n) is 9.17. The summed E-state index contributed by atoms with van der Waals surface area (Å²) in [5.74, 6) is -1.27. The number of halogens is 1. The fourth-order valence-electron chi connectivity index (χ4n) is 4.64. The number of thioether (sulfide) groups is 1. The average Bonchev–Trinajstić information content (AvgIpc) is 3.38. The summed E-state index contributed by atoms with van der Waals surface area (Å²) in [7, 11) is 0. The molecule has 208 valence electrons. The molecule has 0 saturated heterocycles. The number of hydrogen-bond donors (Lipinski definition) is 1. The van der Waals surface area contributed by atoms with Gasteiger partial charge in [0, 0.05) is 29.9 Å². The van der Waals surface area contributed by atoms with E-state index >= 15 is 0 Å². The second kappa shape index (κ2) is 12.2. The molecule has 0 saturated carbocycles. The first-order valence-electron chi connectivity index (χ1n) is 12.8. The summed E-state index contributed by atoms with van der Waals surface area (Å²) in [6.07, 6.45) is -0.0462. The van der Waals surface area contributed by atoms with Crippen molar-refractivity contribution in [2.24, 2.45) is 4.99 Å². The summed E-state index contributed by atoms with van der Waals surface area (Å²) in [4.78, 5) is 44.3. The van der Waals surface area contributed by atoms with Crippen LogP contribution in [0.3, 0.4) is 0 Å². The van der Waals surface area contributed by atoms with Crippen LogP contribution in [0.2, 0.25) is 0 Å². The summed E-state index contributed by atoms with van der Waals surface area (Å²) in [6.45, 7) is 2.02. The van der Waals surface area contributed by atoms with Crippen molar-refractivity contribution in [2.75, 3.05) is 6.61 Å². The molecule has 2 heterocycles. The van der Waals surface area contributed by atoms with E-state index in [0.29, 0.717) is 27.7 Å². The standard InChI is InChI=1S/C30H25FN4O5S/c1-2-40-29(37)26-27(20-7-4-3-5-8-20)33-30-34(28(26)21-9-6-10-23(15-21)35(38)39)24(18-41-30)16-25(36)32-17-19-11-13-22(31)14-12-19/h3-15,18,28H,2,16-17H2,1H3,(H,32,36)/t28-/m0/s1. The van der Waals surface area contributed by atoms with E-state index in [-0.39, 0.29) is 42.6 Å². The van der Waals surface area contributed by atoms with E-state index in [1.54, 1.807) is 41.5 Å². The number of carbonyl (C=O) groups excluding carboxylic acids is 2. The van der Waals surface area contributed by atoms with Crippen molar-refractivity contribution < 1.29 is 23.6 Å². The molecule has 2 aliphatic rings. The van der Waals surface area contributed by atoms with E-state index in [4.69, 9.17) is 9.73 Å². The number of amidine groups is 1. The Balaban J connectivity index is 1.54. The van der Waals surface area contributed by atoms with E-state index < -0.39 is 16.9 Å². The molecule has 2 aliphatic heterocycles. The van der Waals surface area contributed by atoms with Crippen molar-refractivity contribution >= 4 is 40.2 Å². The van der Waals surface area contributed by atoms with Crippen molar-refractivity contribution in [2.45, 2.75) is 25.9 Å². The zero-order chi connectivity index (χ0) is 28.9. The third kappa shape index (κ3) is 6.04. The van der Waals surface area contributed by atoms with Gasteiger partial charge < -0.3 is 15.0 Å². The Kier molecular flexibility index (Phi) is 8.25. The number of nitro benzene ring substituents is 1. The largest absolute Gasteiger partial charge is 0.463 e. The molecule has 0 aliphatic carbocycles. The van der Waals surface area contributed by atoms with Crippen LogP contribution in [-0.4, -0.2) is 33.5 Å². The maximum absolute atomic E-state index is 13.5. The molecular weight excluding hydrogens is 547 g/mol. The predicted octanol–water partition coefficient (Wildman–Crippen LogP) is 5.72. The number of rotatable bonds is 9. The molecule has 1 amide bonds. The lowest BCUT2D eigenvalue weighted by Crippen LogP contribution is -2.38. The highest BCUT2D eigenvalue weighted by molar-refractivity contribution is 8.16. The Morgan fingerprint density at radius 2 is 1.85 bits per heavy atom. The summed E-state index contributed by atoms with van der Waals surface area (Å²) in [5.41, 5.74) is 2.94. The van der Waals surface area contributed by atoms with E-state index in [9.17, 15) is 24.1 Å². The zero-order valence-corrected chi connectivity index (χ0v) is 22.8. The van der Waals surface area contributed by atoms with Gasteiger partial charge in [0.2, 0.25) is 5.91 Å². The lowest BCUT2D eigenvalue weighted by atomic mass is 9.91. The number of benzene rings is 3. The first kappa shape index (κ1) is 27.8. The predicted molar refractivity (Wildman–Crippen MR) is 154 cm³/mol. The van der Waals surface area contributed by atoms with E-state index in [2.05, 4.69) is 5.32 Å². The topological polar surface area (TPSA) is 114 Å². The van der Waals surface area contributed by atoms with Gasteiger partial charge in [-0.2, -0.15) is 0 Å². The van der Waals surface area contributed by atoms with Gasteiger partial charge >= 0.3 is 5.97 Å². The number of fused-ring (bicyclic) bond motifs is 1. The van der Waals surface area contributed by atoms with Gasteiger partial charge in [0.05, 0.1) is 35.3 Å². The second-order valence-corrected chi connectivity index (χ2v) is 10.0. The number of ether oxygens (including phenoxy) is 1. The van der Waals surface area contributed by atoms with Crippen molar-refractivity contribution in [3.05, 3.63) is 128 Å². The van der Waals surface area contributed by atoms with Crippen molar-refractivity contribution in [3.8, 4) is 0 Å². The molecular formula is C30H25FN4O5S. The minimum Gasteiger partial charge on any atom is -0.463 e. The summed E-state index contributed by atoms with van der Waals surface area (Å²) >= 11 is 1.30. The highest BCUT2D eigenvalue weighted by Gasteiger charge is 2.42. The van der Waals surface area contributed by atoms with Crippen LogP contribution in [0.5, 0.6) is 0 Å². The molecule has 0 aromatic heterocycles. The van der Waals surface area contributed by atoms with Gasteiger partial charge in [0.1, 0.15) is 5.82 Å². The number of non-ortho nitro benzene ring substituents is 1. The van der Waals surface area contributed by atoms with E-state index in [1.165, 1.54) is 36.0 Å². The number of amides is 1. The number of hydrogen-bond acceptors (Lipinski definition) is 8. The summed E-state index contributed by atoms with van der Waals surface area (Å²) in [5, 5.41) is 16.8. The third-order valence-corrected chi connectivity index (χ3v) is 7.38. The van der Waals surface area contributed by atoms with E-state index in [0.717, 1.165) is 5.56 Å². The molecule has 1 N–H and O–H groups in total. The third-order valence-electron chi connectivity index (χ3n) is 6.49. The molecule has 0 spiro atoms. The quantitative estimate of drug-likeness (QED) is 0.198. The minimum atomic E-state index is -0.845. The number of carbonyl (C=O) groups is 2. The van der Waals surface area contributed by atoms with Crippen LogP contribution in [0.4, 0.5) is 10.1 Å². The van der Waals surface area contributed by atoms with Gasteiger partial charge in [-0.1, -0.05) is 66.4 Å². The number of esters is 1. The van der Waals surface area contributed by atoms with Gasteiger partial charge in [-0.25, -0.2) is 14.2 Å². The smallest absolute Gasteiger partial charge is 0.338 e. The van der Waals surface area contributed by atoms with Crippen molar-refractivity contribution in [1.29, 1.82) is 0 Å². The Labute approximate surface area is 239 Å². The van der Waals surface area contributed by atoms with Gasteiger partial charge in [-0.05, 0) is 35.6 Å². The van der Waals surface area contributed by atoms with Crippen LogP contribution >= 0.6 is 11.8 Å². The van der Waals surface area contributed by atoms with Crippen LogP contribution in [-0.2, 0) is 20.9 Å². The Morgan fingerprint density at radius 3 is 2.56 bits per heavy atom. The molecule has 41 heavy (non-hydrogen) atoms. The molecule has 0 unspecified atom stereocenters. The van der Waals surface area contributed by atoms with Crippen LogP contribution in [0.1, 0.15) is 36.1 Å². The first-order chi connectivity index (χ1) is 19.9. The van der Waals surface area contributed by atoms with Crippen LogP contribution in [0.25, 0.3) is 5.70 Å². The lowest BCUT2D eigenvalue weighted by molar-refractivity contribution is -0.384. The Bertz CT molecular complexity index is 1590. The lowest BCUT2D eigenvalue weighted by Gasteiger charge is -2.36. The fourth-order valence-corrected chi connectivity index (χ4v) is 5.56. The Hall–Kier alpha value is -4.77. The molecule has 11 heteroatoms. The van der Waals surface area contributed by atoms with Crippen LogP contribution in [0, 0.1) is 15.9 Å². The molecule has 0 bridgehead atoms. The SMILES string of the molecule is CCOC(=O)C1=C(c2ccccc2)N=C2SC=C(CC(=O)NCc3ccc(F)cc3)N2[C@H]1c1cccc([N+](=O)[O-])c1. The van der Waals surface area contributed by atoms with Crippen molar-refractivity contribution in [3.63, 3.8) is 0 Å². The number of aliphatic imine (C=N–C) groups is 1. The number of nitrogens with one attached hydrogen (secondary N) is 1. The number of nitro groups is 1. The maximum atomic E-state index is 13.5. The Morgan fingerprint density at radius 1 is 1.10 bits per heavy atom. The van der Waals surface area contributed by atoms with Gasteiger partial charge in [-0.3, -0.25) is 14.9 Å². The molecule has 0 radical (unpaired) electrons. The fraction of sp³-hybridized carbons (Fsp3) is 0.167. The minimum absolute atomic E-state index is 0.0462. The summed E-state index contributed by atoms with van der Waals surface area (Å²) < 4.78 is 18.7. The van der Waals surface area contributed by atoms with Crippen LogP contribution < -0.4 is 5.32 Å². The first-order valence-corrected chi connectivity index (χ1v) is 13.7. The molecule has 3 aromatic carbocycles. The van der Waals surface area contributed by atoms with Gasteiger partial charge in [-0.15, -0.1) is 0 Å². The molecule has 0 fully saturated rings. The maximum Gasteiger partial charge on any atom is 0.338 e. The number of nitrogens with zero attached hydrogens (tertiary/aromatic N) is 3. The van der Waals surface area contributed by atoms with Gasteiger partial charge in [0.25, 0.3) is 5.69 Å². The average molecular weight is 573 g/mol. The molecule has 1 atom stereocenters. The van der Waals surface area contributed by atoms with Crippen molar-refractivity contribution in [1.82, 2.24) is 10.2 Å². The molecule has 9 nitrogen and oxygen atoms in total.